The van der Waals surface area contributed by atoms with Crippen molar-refractivity contribution in [3.05, 3.63) is 23.8 Å². The molecule has 0 aromatic heterocycles. The molecule has 0 aliphatic heterocycles. The topological polar surface area (TPSA) is 30.5 Å². The number of hydrogen-bond donors (Lipinski definition) is 1. The minimum atomic E-state index is 0.655. The molecule has 0 radical (unpaired) electrons. The lowest BCUT2D eigenvalue weighted by molar-refractivity contribution is 0.392. The van der Waals surface area contributed by atoms with Crippen LogP contribution in [0.4, 0.5) is 0 Å². The molecule has 1 aliphatic carbocycles. The Hall–Kier alpha value is -1.22. The number of nitrogens with one attached hydrogen (secondary N) is 1. The molecule has 0 bridgehead atoms. The van der Waals surface area contributed by atoms with Gasteiger partial charge in [0, 0.05) is 12.1 Å². The Bertz CT molecular complexity index is 366. The van der Waals surface area contributed by atoms with E-state index in [1.165, 1.54) is 24.8 Å². The Morgan fingerprint density at radius 1 is 1.17 bits per heavy atom. The van der Waals surface area contributed by atoms with Gasteiger partial charge < -0.3 is 14.8 Å². The molecule has 0 saturated heterocycles. The average Bonchev–Trinajstić information content (AvgIpc) is 3.23. The minimum Gasteiger partial charge on any atom is -0.497 e. The maximum Gasteiger partial charge on any atom is 0.122 e. The fourth-order valence-electron chi connectivity index (χ4n) is 2.45. The fraction of sp³-hybridized carbons (Fsp3) is 0.600. The summed E-state index contributed by atoms with van der Waals surface area (Å²) in [6.45, 7) is 0. The molecule has 1 aliphatic rings. The first-order chi connectivity index (χ1) is 8.76. The third-order valence-electron chi connectivity index (χ3n) is 3.72. The summed E-state index contributed by atoms with van der Waals surface area (Å²) < 4.78 is 10.6. The summed E-state index contributed by atoms with van der Waals surface area (Å²) in [5.41, 5.74) is 1.28. The van der Waals surface area contributed by atoms with Gasteiger partial charge in [0.05, 0.1) is 14.2 Å². The zero-order valence-electron chi connectivity index (χ0n) is 11.5. The molecular formula is C15H23NO2. The van der Waals surface area contributed by atoms with Gasteiger partial charge in [-0.25, -0.2) is 0 Å². The summed E-state index contributed by atoms with van der Waals surface area (Å²) in [5, 5.41) is 3.43. The van der Waals surface area contributed by atoms with Crippen LogP contribution < -0.4 is 14.8 Å². The van der Waals surface area contributed by atoms with Crippen molar-refractivity contribution in [2.45, 2.75) is 31.7 Å². The summed E-state index contributed by atoms with van der Waals surface area (Å²) in [7, 11) is 5.45. The van der Waals surface area contributed by atoms with E-state index in [9.17, 15) is 0 Å². The van der Waals surface area contributed by atoms with Crippen molar-refractivity contribution in [1.29, 1.82) is 0 Å². The predicted molar refractivity (Wildman–Crippen MR) is 73.4 cm³/mol. The van der Waals surface area contributed by atoms with Crippen LogP contribution in [0.2, 0.25) is 0 Å². The number of hydrogen-bond acceptors (Lipinski definition) is 3. The summed E-state index contributed by atoms with van der Waals surface area (Å²) in [6.07, 6.45) is 5.01. The van der Waals surface area contributed by atoms with Gasteiger partial charge in [-0.3, -0.25) is 0 Å². The molecule has 0 amide bonds. The lowest BCUT2D eigenvalue weighted by Gasteiger charge is -2.15. The standard InChI is InChI=1S/C15H23NO2/c1-16-15(12-5-6-12)7-4-11-8-13(17-2)10-14(9-11)18-3/h8-10,12,15-16H,4-7H2,1-3H3. The lowest BCUT2D eigenvalue weighted by atomic mass is 10.0. The molecule has 3 nitrogen and oxygen atoms in total. The van der Waals surface area contributed by atoms with E-state index in [1.54, 1.807) is 14.2 Å². The highest BCUT2D eigenvalue weighted by atomic mass is 16.5. The highest BCUT2D eigenvalue weighted by Gasteiger charge is 2.29. The smallest absolute Gasteiger partial charge is 0.122 e. The number of methoxy groups -OCH3 is 2. The summed E-state index contributed by atoms with van der Waals surface area (Å²) in [5.74, 6) is 2.64. The maximum absolute atomic E-state index is 5.29. The SMILES string of the molecule is CNC(CCc1cc(OC)cc(OC)c1)C1CC1. The molecule has 1 aromatic carbocycles. The predicted octanol–water partition coefficient (Wildman–Crippen LogP) is 2.63. The van der Waals surface area contributed by atoms with E-state index in [0.29, 0.717) is 6.04 Å². The fourth-order valence-corrected chi connectivity index (χ4v) is 2.45. The van der Waals surface area contributed by atoms with Crippen molar-refractivity contribution in [1.82, 2.24) is 5.32 Å². The van der Waals surface area contributed by atoms with E-state index < -0.39 is 0 Å². The zero-order valence-corrected chi connectivity index (χ0v) is 11.5. The largest absolute Gasteiger partial charge is 0.497 e. The van der Waals surface area contributed by atoms with Crippen LogP contribution in [-0.4, -0.2) is 27.3 Å². The second kappa shape index (κ2) is 6.10. The summed E-state index contributed by atoms with van der Waals surface area (Å²) in [6, 6.07) is 6.77. The first kappa shape index (κ1) is 13.2. The van der Waals surface area contributed by atoms with Gasteiger partial charge in [0.2, 0.25) is 0 Å². The lowest BCUT2D eigenvalue weighted by Crippen LogP contribution is -2.27. The van der Waals surface area contributed by atoms with Crippen molar-refractivity contribution >= 4 is 0 Å². The third-order valence-corrected chi connectivity index (χ3v) is 3.72. The van der Waals surface area contributed by atoms with Crippen LogP contribution in [0.15, 0.2) is 18.2 Å². The molecule has 2 rings (SSSR count). The third kappa shape index (κ3) is 3.39. The molecule has 100 valence electrons. The van der Waals surface area contributed by atoms with Crippen molar-refractivity contribution in [3.63, 3.8) is 0 Å². The molecule has 1 unspecified atom stereocenters. The van der Waals surface area contributed by atoms with Gasteiger partial charge in [-0.05, 0) is 56.3 Å². The Morgan fingerprint density at radius 2 is 1.78 bits per heavy atom. The van der Waals surface area contributed by atoms with Crippen molar-refractivity contribution < 1.29 is 9.47 Å². The van der Waals surface area contributed by atoms with E-state index in [0.717, 1.165) is 23.8 Å². The molecule has 18 heavy (non-hydrogen) atoms. The molecule has 1 N–H and O–H groups in total. The summed E-state index contributed by atoms with van der Waals surface area (Å²) >= 11 is 0. The number of rotatable bonds is 7. The quantitative estimate of drug-likeness (QED) is 0.806. The Morgan fingerprint density at radius 3 is 2.22 bits per heavy atom. The molecule has 0 spiro atoms. The van der Waals surface area contributed by atoms with Gasteiger partial charge in [-0.1, -0.05) is 0 Å². The highest BCUT2D eigenvalue weighted by molar-refractivity contribution is 5.38. The van der Waals surface area contributed by atoms with E-state index >= 15 is 0 Å². The molecule has 1 saturated carbocycles. The van der Waals surface area contributed by atoms with E-state index in [1.807, 2.05) is 6.07 Å². The van der Waals surface area contributed by atoms with Gasteiger partial charge in [-0.15, -0.1) is 0 Å². The molecular weight excluding hydrogens is 226 g/mol. The van der Waals surface area contributed by atoms with E-state index in [2.05, 4.69) is 24.5 Å². The van der Waals surface area contributed by atoms with Crippen molar-refractivity contribution in [2.24, 2.45) is 5.92 Å². The zero-order chi connectivity index (χ0) is 13.0. The molecule has 1 aromatic rings. The molecule has 0 heterocycles. The van der Waals surface area contributed by atoms with Gasteiger partial charge >= 0.3 is 0 Å². The molecule has 1 fully saturated rings. The van der Waals surface area contributed by atoms with Gasteiger partial charge in [-0.2, -0.15) is 0 Å². The van der Waals surface area contributed by atoms with Crippen LogP contribution in [0.3, 0.4) is 0 Å². The number of ether oxygens (including phenoxy) is 2. The second-order valence-electron chi connectivity index (χ2n) is 4.99. The maximum atomic E-state index is 5.29. The molecule has 1 atom stereocenters. The average molecular weight is 249 g/mol. The van der Waals surface area contributed by atoms with Crippen LogP contribution in [-0.2, 0) is 6.42 Å². The second-order valence-corrected chi connectivity index (χ2v) is 4.99. The number of aryl methyl sites for hydroxylation is 1. The van der Waals surface area contributed by atoms with Crippen LogP contribution in [0.25, 0.3) is 0 Å². The van der Waals surface area contributed by atoms with Crippen LogP contribution in [0.1, 0.15) is 24.8 Å². The first-order valence-corrected chi connectivity index (χ1v) is 6.66. The van der Waals surface area contributed by atoms with Crippen LogP contribution in [0.5, 0.6) is 11.5 Å². The highest BCUT2D eigenvalue weighted by Crippen LogP contribution is 2.34. The van der Waals surface area contributed by atoms with Crippen LogP contribution in [0, 0.1) is 5.92 Å². The van der Waals surface area contributed by atoms with E-state index in [4.69, 9.17) is 9.47 Å². The van der Waals surface area contributed by atoms with Gasteiger partial charge in [0.1, 0.15) is 11.5 Å². The normalized spacial score (nSPS) is 16.4. The number of benzene rings is 1. The van der Waals surface area contributed by atoms with Gasteiger partial charge in [0.15, 0.2) is 0 Å². The van der Waals surface area contributed by atoms with Crippen molar-refractivity contribution in [3.8, 4) is 11.5 Å². The minimum absolute atomic E-state index is 0.655. The monoisotopic (exact) mass is 249 g/mol. The van der Waals surface area contributed by atoms with Gasteiger partial charge in [0.25, 0.3) is 0 Å². The molecule has 3 heteroatoms. The Labute approximate surface area is 109 Å². The summed E-state index contributed by atoms with van der Waals surface area (Å²) in [4.78, 5) is 0. The first-order valence-electron chi connectivity index (χ1n) is 6.66. The van der Waals surface area contributed by atoms with Crippen LogP contribution >= 0.6 is 0 Å². The Kier molecular flexibility index (Phi) is 4.48. The van der Waals surface area contributed by atoms with Crippen molar-refractivity contribution in [2.75, 3.05) is 21.3 Å². The Balaban J connectivity index is 1.98. The van der Waals surface area contributed by atoms with E-state index in [-0.39, 0.29) is 0 Å².